The third kappa shape index (κ3) is 2.31. The monoisotopic (exact) mass is 269 g/mol. The zero-order valence-electron chi connectivity index (χ0n) is 11.9. The fourth-order valence-electron chi connectivity index (χ4n) is 2.77. The molecule has 1 saturated heterocycles. The van der Waals surface area contributed by atoms with Gasteiger partial charge in [-0.3, -0.25) is 4.98 Å². The van der Waals surface area contributed by atoms with Crippen LogP contribution in [0.4, 0.5) is 11.6 Å². The van der Waals surface area contributed by atoms with Crippen LogP contribution in [0.3, 0.4) is 0 Å². The van der Waals surface area contributed by atoms with Crippen molar-refractivity contribution in [2.45, 2.75) is 25.8 Å². The first-order valence-electron chi connectivity index (χ1n) is 6.97. The average molecular weight is 269 g/mol. The summed E-state index contributed by atoms with van der Waals surface area (Å²) in [5.74, 6) is 1.87. The zero-order valence-corrected chi connectivity index (χ0v) is 11.9. The molecule has 0 amide bonds. The van der Waals surface area contributed by atoms with Gasteiger partial charge in [0.2, 0.25) is 0 Å². The van der Waals surface area contributed by atoms with Crippen LogP contribution in [0.1, 0.15) is 30.1 Å². The topological polar surface area (TPSA) is 53.9 Å². The van der Waals surface area contributed by atoms with E-state index in [0.29, 0.717) is 0 Å². The highest BCUT2D eigenvalue weighted by Crippen LogP contribution is 2.35. The molecule has 1 aliphatic heterocycles. The van der Waals surface area contributed by atoms with Crippen LogP contribution in [0.2, 0.25) is 0 Å². The van der Waals surface area contributed by atoms with Gasteiger partial charge in [-0.05, 0) is 31.4 Å². The molecule has 1 fully saturated rings. The minimum Gasteiger partial charge on any atom is -0.372 e. The molecule has 2 aromatic heterocycles. The van der Waals surface area contributed by atoms with Crippen LogP contribution in [0.25, 0.3) is 0 Å². The first kappa shape index (κ1) is 12.8. The van der Waals surface area contributed by atoms with Crippen molar-refractivity contribution in [2.75, 3.05) is 23.8 Å². The molecule has 0 saturated carbocycles. The molecule has 0 aliphatic carbocycles. The number of nitrogens with zero attached hydrogens (tertiary/aromatic N) is 4. The van der Waals surface area contributed by atoms with Crippen molar-refractivity contribution in [1.82, 2.24) is 15.0 Å². The number of rotatable bonds is 3. The second kappa shape index (κ2) is 5.45. The predicted octanol–water partition coefficient (Wildman–Crippen LogP) is 2.56. The van der Waals surface area contributed by atoms with Crippen molar-refractivity contribution in [3.05, 3.63) is 42.0 Å². The number of nitrogens with one attached hydrogen (secondary N) is 1. The highest BCUT2D eigenvalue weighted by atomic mass is 15.2. The van der Waals surface area contributed by atoms with Crippen molar-refractivity contribution in [1.29, 1.82) is 0 Å². The van der Waals surface area contributed by atoms with Crippen molar-refractivity contribution in [3.8, 4) is 0 Å². The third-order valence-corrected chi connectivity index (χ3v) is 3.76. The van der Waals surface area contributed by atoms with Crippen LogP contribution in [-0.4, -0.2) is 28.5 Å². The molecule has 104 valence electrons. The molecule has 5 nitrogen and oxygen atoms in total. The van der Waals surface area contributed by atoms with Crippen LogP contribution in [-0.2, 0) is 0 Å². The zero-order chi connectivity index (χ0) is 13.9. The lowest BCUT2D eigenvalue weighted by molar-refractivity contribution is 0.682. The molecule has 0 spiro atoms. The summed E-state index contributed by atoms with van der Waals surface area (Å²) in [4.78, 5) is 15.8. The minimum absolute atomic E-state index is 0.268. The van der Waals surface area contributed by atoms with Gasteiger partial charge in [0.25, 0.3) is 0 Å². The lowest BCUT2D eigenvalue weighted by atomic mass is 10.1. The largest absolute Gasteiger partial charge is 0.372 e. The first-order chi connectivity index (χ1) is 9.79. The third-order valence-electron chi connectivity index (χ3n) is 3.76. The summed E-state index contributed by atoms with van der Waals surface area (Å²) in [6.45, 7) is 3.13. The summed E-state index contributed by atoms with van der Waals surface area (Å²) in [5, 5.41) is 3.05. The van der Waals surface area contributed by atoms with E-state index in [1.165, 1.54) is 5.56 Å². The summed E-state index contributed by atoms with van der Waals surface area (Å²) in [7, 11) is 1.86. The molecule has 0 unspecified atom stereocenters. The Morgan fingerprint density at radius 2 is 2.25 bits per heavy atom. The highest BCUT2D eigenvalue weighted by molar-refractivity contribution is 5.49. The van der Waals surface area contributed by atoms with Crippen LogP contribution in [0.5, 0.6) is 0 Å². The Labute approximate surface area is 119 Å². The number of pyridine rings is 1. The first-order valence-corrected chi connectivity index (χ1v) is 6.97. The summed E-state index contributed by atoms with van der Waals surface area (Å²) in [5.41, 5.74) is 2.22. The quantitative estimate of drug-likeness (QED) is 0.928. The van der Waals surface area contributed by atoms with Crippen LogP contribution >= 0.6 is 0 Å². The van der Waals surface area contributed by atoms with Crippen LogP contribution in [0.15, 0.2) is 30.7 Å². The lowest BCUT2D eigenvalue weighted by Crippen LogP contribution is -2.25. The Morgan fingerprint density at radius 3 is 3.05 bits per heavy atom. The molecule has 3 rings (SSSR count). The van der Waals surface area contributed by atoms with Crippen LogP contribution < -0.4 is 10.2 Å². The van der Waals surface area contributed by atoms with Gasteiger partial charge in [0, 0.05) is 19.8 Å². The Balaban J connectivity index is 1.94. The van der Waals surface area contributed by atoms with E-state index in [-0.39, 0.29) is 6.04 Å². The van der Waals surface area contributed by atoms with Gasteiger partial charge in [0.05, 0.1) is 24.1 Å². The van der Waals surface area contributed by atoms with Crippen molar-refractivity contribution < 1.29 is 0 Å². The molecule has 1 aliphatic rings. The van der Waals surface area contributed by atoms with E-state index in [1.54, 1.807) is 6.20 Å². The SMILES string of the molecule is CNc1cncc([C@H]2CCCN2c2ncccc2C)n1. The van der Waals surface area contributed by atoms with Gasteiger partial charge in [-0.1, -0.05) is 6.07 Å². The molecular formula is C15H19N5. The number of aromatic nitrogens is 3. The van der Waals surface area contributed by atoms with E-state index in [0.717, 1.165) is 36.7 Å². The Bertz CT molecular complexity index is 598. The van der Waals surface area contributed by atoms with E-state index in [2.05, 4.69) is 38.2 Å². The maximum atomic E-state index is 4.64. The molecule has 2 aromatic rings. The molecule has 3 heterocycles. The molecule has 0 bridgehead atoms. The molecule has 0 aromatic carbocycles. The Kier molecular flexibility index (Phi) is 3.50. The van der Waals surface area contributed by atoms with E-state index in [9.17, 15) is 0 Å². The second-order valence-electron chi connectivity index (χ2n) is 5.07. The molecule has 0 radical (unpaired) electrons. The maximum Gasteiger partial charge on any atom is 0.144 e. The van der Waals surface area contributed by atoms with Gasteiger partial charge in [0.1, 0.15) is 11.6 Å². The van der Waals surface area contributed by atoms with Gasteiger partial charge < -0.3 is 10.2 Å². The van der Waals surface area contributed by atoms with Gasteiger partial charge in [-0.15, -0.1) is 0 Å². The van der Waals surface area contributed by atoms with Crippen molar-refractivity contribution in [2.24, 2.45) is 0 Å². The summed E-state index contributed by atoms with van der Waals surface area (Å²) < 4.78 is 0. The van der Waals surface area contributed by atoms with Gasteiger partial charge >= 0.3 is 0 Å². The molecule has 1 N–H and O–H groups in total. The smallest absolute Gasteiger partial charge is 0.144 e. The van der Waals surface area contributed by atoms with E-state index in [1.807, 2.05) is 25.5 Å². The van der Waals surface area contributed by atoms with Crippen LogP contribution in [0, 0.1) is 6.92 Å². The summed E-state index contributed by atoms with van der Waals surface area (Å²) in [6.07, 6.45) is 7.72. The van der Waals surface area contributed by atoms with E-state index < -0.39 is 0 Å². The minimum atomic E-state index is 0.268. The van der Waals surface area contributed by atoms with Gasteiger partial charge in [0.15, 0.2) is 0 Å². The van der Waals surface area contributed by atoms with E-state index >= 15 is 0 Å². The van der Waals surface area contributed by atoms with Crippen molar-refractivity contribution in [3.63, 3.8) is 0 Å². The molecule has 1 atom stereocenters. The fraction of sp³-hybridized carbons (Fsp3) is 0.400. The van der Waals surface area contributed by atoms with Crippen molar-refractivity contribution >= 4 is 11.6 Å². The average Bonchev–Trinajstić information content (AvgIpc) is 2.97. The Hall–Kier alpha value is -2.17. The fourth-order valence-corrected chi connectivity index (χ4v) is 2.77. The normalized spacial score (nSPS) is 18.3. The Morgan fingerprint density at radius 1 is 1.35 bits per heavy atom. The number of hydrogen-bond donors (Lipinski definition) is 1. The number of hydrogen-bond acceptors (Lipinski definition) is 5. The number of aryl methyl sites for hydroxylation is 1. The van der Waals surface area contributed by atoms with Gasteiger partial charge in [-0.2, -0.15) is 0 Å². The predicted molar refractivity (Wildman–Crippen MR) is 79.9 cm³/mol. The molecular weight excluding hydrogens is 250 g/mol. The number of anilines is 2. The van der Waals surface area contributed by atoms with E-state index in [4.69, 9.17) is 0 Å². The maximum absolute atomic E-state index is 4.64. The summed E-state index contributed by atoms with van der Waals surface area (Å²) >= 11 is 0. The summed E-state index contributed by atoms with van der Waals surface area (Å²) in [6, 6.07) is 4.35. The lowest BCUT2D eigenvalue weighted by Gasteiger charge is -2.26. The van der Waals surface area contributed by atoms with Gasteiger partial charge in [-0.25, -0.2) is 9.97 Å². The molecule has 20 heavy (non-hydrogen) atoms. The standard InChI is InChI=1S/C15H19N5/c1-11-5-3-7-18-15(11)20-8-4-6-13(20)12-9-17-10-14(16-2)19-12/h3,5,7,9-10,13H,4,6,8H2,1-2H3,(H,16,19)/t13-/m1/s1. The molecule has 5 heteroatoms. The highest BCUT2D eigenvalue weighted by Gasteiger charge is 2.29. The second-order valence-corrected chi connectivity index (χ2v) is 5.07.